The van der Waals surface area contributed by atoms with Crippen molar-refractivity contribution in [3.8, 4) is 5.75 Å². The molecule has 1 aliphatic rings. The number of ether oxygens (including phenoxy) is 1. The second-order valence-electron chi connectivity index (χ2n) is 5.85. The molecule has 0 saturated carbocycles. The van der Waals surface area contributed by atoms with Crippen LogP contribution >= 0.6 is 15.9 Å². The van der Waals surface area contributed by atoms with Crippen LogP contribution in [0.5, 0.6) is 5.75 Å². The standard InChI is InChI=1S/C16H24BrNO/c1-10(2)11(3)15(18-4)9-13-8-14(17)7-12-5-6-19-16(12)13/h7-8,10-11,15,18H,5-6,9H2,1-4H3. The Kier molecular flexibility index (Phi) is 4.91. The molecule has 1 heterocycles. The van der Waals surface area contributed by atoms with Gasteiger partial charge in [-0.1, -0.05) is 36.7 Å². The van der Waals surface area contributed by atoms with Gasteiger partial charge in [0, 0.05) is 16.9 Å². The first-order valence-corrected chi connectivity index (χ1v) is 7.93. The first kappa shape index (κ1) is 14.9. The molecular formula is C16H24BrNO. The van der Waals surface area contributed by atoms with Gasteiger partial charge >= 0.3 is 0 Å². The summed E-state index contributed by atoms with van der Waals surface area (Å²) in [7, 11) is 2.06. The second kappa shape index (κ2) is 6.27. The molecule has 1 aromatic carbocycles. The van der Waals surface area contributed by atoms with Crippen LogP contribution in [0.2, 0.25) is 0 Å². The van der Waals surface area contributed by atoms with Crippen molar-refractivity contribution in [3.63, 3.8) is 0 Å². The third-order valence-electron chi connectivity index (χ3n) is 4.32. The average Bonchev–Trinajstić information content (AvgIpc) is 2.82. The highest BCUT2D eigenvalue weighted by Crippen LogP contribution is 2.34. The number of halogens is 1. The molecule has 0 amide bonds. The minimum atomic E-state index is 0.489. The van der Waals surface area contributed by atoms with Crippen LogP contribution in [0.4, 0.5) is 0 Å². The Bertz CT molecular complexity index is 445. The number of fused-ring (bicyclic) bond motifs is 1. The highest BCUT2D eigenvalue weighted by molar-refractivity contribution is 9.10. The summed E-state index contributed by atoms with van der Waals surface area (Å²) in [5.41, 5.74) is 2.67. The van der Waals surface area contributed by atoms with Gasteiger partial charge in [-0.05, 0) is 48.6 Å². The Morgan fingerprint density at radius 1 is 1.32 bits per heavy atom. The molecule has 0 radical (unpaired) electrons. The minimum Gasteiger partial charge on any atom is -0.493 e. The van der Waals surface area contributed by atoms with Gasteiger partial charge in [-0.25, -0.2) is 0 Å². The van der Waals surface area contributed by atoms with Crippen molar-refractivity contribution in [2.75, 3.05) is 13.7 Å². The van der Waals surface area contributed by atoms with Gasteiger partial charge in [0.15, 0.2) is 0 Å². The maximum absolute atomic E-state index is 5.82. The monoisotopic (exact) mass is 325 g/mol. The molecule has 106 valence electrons. The number of hydrogen-bond donors (Lipinski definition) is 1. The van der Waals surface area contributed by atoms with E-state index in [0.29, 0.717) is 17.9 Å². The van der Waals surface area contributed by atoms with E-state index in [1.54, 1.807) is 0 Å². The van der Waals surface area contributed by atoms with Gasteiger partial charge in [0.25, 0.3) is 0 Å². The van der Waals surface area contributed by atoms with Crippen molar-refractivity contribution in [3.05, 3.63) is 27.7 Å². The van der Waals surface area contributed by atoms with Gasteiger partial charge in [-0.3, -0.25) is 0 Å². The zero-order chi connectivity index (χ0) is 14.0. The molecule has 0 fully saturated rings. The molecule has 1 aliphatic heterocycles. The molecule has 0 spiro atoms. The number of likely N-dealkylation sites (N-methyl/N-ethyl adjacent to an activating group) is 1. The van der Waals surface area contributed by atoms with Gasteiger partial charge < -0.3 is 10.1 Å². The van der Waals surface area contributed by atoms with E-state index in [2.05, 4.69) is 61.2 Å². The zero-order valence-electron chi connectivity index (χ0n) is 12.3. The lowest BCUT2D eigenvalue weighted by molar-refractivity contribution is 0.304. The first-order valence-electron chi connectivity index (χ1n) is 7.14. The van der Waals surface area contributed by atoms with E-state index in [1.165, 1.54) is 15.6 Å². The Hall–Kier alpha value is -0.540. The van der Waals surface area contributed by atoms with Crippen LogP contribution in [0.15, 0.2) is 16.6 Å². The fourth-order valence-electron chi connectivity index (χ4n) is 2.75. The smallest absolute Gasteiger partial charge is 0.125 e. The minimum absolute atomic E-state index is 0.489. The van der Waals surface area contributed by atoms with E-state index in [1.807, 2.05) is 0 Å². The van der Waals surface area contributed by atoms with Crippen molar-refractivity contribution in [1.82, 2.24) is 5.32 Å². The average molecular weight is 326 g/mol. The molecular weight excluding hydrogens is 302 g/mol. The Morgan fingerprint density at radius 2 is 2.05 bits per heavy atom. The molecule has 0 aliphatic carbocycles. The summed E-state index contributed by atoms with van der Waals surface area (Å²) in [4.78, 5) is 0. The van der Waals surface area contributed by atoms with Crippen LogP contribution in [0.1, 0.15) is 31.9 Å². The fraction of sp³-hybridized carbons (Fsp3) is 0.625. The van der Waals surface area contributed by atoms with E-state index in [4.69, 9.17) is 4.74 Å². The van der Waals surface area contributed by atoms with E-state index in [9.17, 15) is 0 Å². The van der Waals surface area contributed by atoms with Gasteiger partial charge in [-0.15, -0.1) is 0 Å². The van der Waals surface area contributed by atoms with Crippen LogP contribution < -0.4 is 10.1 Å². The predicted octanol–water partition coefficient (Wildman–Crippen LogP) is 3.81. The quantitative estimate of drug-likeness (QED) is 0.888. The molecule has 0 saturated heterocycles. The Balaban J connectivity index is 2.23. The summed E-state index contributed by atoms with van der Waals surface area (Å²) >= 11 is 3.62. The third kappa shape index (κ3) is 3.32. The van der Waals surface area contributed by atoms with Crippen molar-refractivity contribution in [2.24, 2.45) is 11.8 Å². The van der Waals surface area contributed by atoms with Crippen molar-refractivity contribution >= 4 is 15.9 Å². The van der Waals surface area contributed by atoms with E-state index in [0.717, 1.165) is 25.2 Å². The van der Waals surface area contributed by atoms with Gasteiger partial charge in [-0.2, -0.15) is 0 Å². The van der Waals surface area contributed by atoms with Crippen LogP contribution in [-0.2, 0) is 12.8 Å². The van der Waals surface area contributed by atoms with Crippen LogP contribution in [0.25, 0.3) is 0 Å². The SMILES string of the molecule is CNC(Cc1cc(Br)cc2c1OCC2)C(C)C(C)C. The largest absolute Gasteiger partial charge is 0.493 e. The summed E-state index contributed by atoms with van der Waals surface area (Å²) in [5, 5.41) is 3.47. The Labute approximate surface area is 125 Å². The summed E-state index contributed by atoms with van der Waals surface area (Å²) in [6, 6.07) is 4.88. The van der Waals surface area contributed by atoms with Crippen molar-refractivity contribution in [1.29, 1.82) is 0 Å². The second-order valence-corrected chi connectivity index (χ2v) is 6.77. The van der Waals surface area contributed by atoms with Crippen LogP contribution in [0.3, 0.4) is 0 Å². The lowest BCUT2D eigenvalue weighted by Gasteiger charge is -2.27. The number of nitrogens with one attached hydrogen (secondary N) is 1. The molecule has 2 nitrogen and oxygen atoms in total. The maximum Gasteiger partial charge on any atom is 0.125 e. The molecule has 19 heavy (non-hydrogen) atoms. The van der Waals surface area contributed by atoms with Gasteiger partial charge in [0.05, 0.1) is 6.61 Å². The molecule has 0 aromatic heterocycles. The van der Waals surface area contributed by atoms with Crippen molar-refractivity contribution < 1.29 is 4.74 Å². The third-order valence-corrected chi connectivity index (χ3v) is 4.78. The number of hydrogen-bond acceptors (Lipinski definition) is 2. The summed E-state index contributed by atoms with van der Waals surface area (Å²) < 4.78 is 6.99. The molecule has 1 aromatic rings. The van der Waals surface area contributed by atoms with E-state index >= 15 is 0 Å². The summed E-state index contributed by atoms with van der Waals surface area (Å²) in [6.07, 6.45) is 2.06. The predicted molar refractivity (Wildman–Crippen MR) is 83.9 cm³/mol. The van der Waals surface area contributed by atoms with Gasteiger partial charge in [0.1, 0.15) is 5.75 Å². The first-order chi connectivity index (χ1) is 9.02. The summed E-state index contributed by atoms with van der Waals surface area (Å²) in [6.45, 7) is 7.72. The molecule has 2 atom stereocenters. The summed E-state index contributed by atoms with van der Waals surface area (Å²) in [5.74, 6) is 2.44. The molecule has 2 unspecified atom stereocenters. The van der Waals surface area contributed by atoms with Crippen LogP contribution in [0, 0.1) is 11.8 Å². The van der Waals surface area contributed by atoms with Crippen molar-refractivity contribution in [2.45, 2.75) is 39.7 Å². The lowest BCUT2D eigenvalue weighted by atomic mass is 9.86. The lowest BCUT2D eigenvalue weighted by Crippen LogP contribution is -2.36. The molecule has 1 N–H and O–H groups in total. The molecule has 0 bridgehead atoms. The van der Waals surface area contributed by atoms with E-state index < -0.39 is 0 Å². The molecule has 3 heteroatoms. The normalized spacial score (nSPS) is 17.2. The highest BCUT2D eigenvalue weighted by Gasteiger charge is 2.23. The molecule has 2 rings (SSSR count). The van der Waals surface area contributed by atoms with Crippen LogP contribution in [-0.4, -0.2) is 19.7 Å². The Morgan fingerprint density at radius 3 is 2.68 bits per heavy atom. The zero-order valence-corrected chi connectivity index (χ0v) is 13.9. The number of rotatable bonds is 5. The number of benzene rings is 1. The fourth-order valence-corrected chi connectivity index (χ4v) is 3.30. The van der Waals surface area contributed by atoms with Gasteiger partial charge in [0.2, 0.25) is 0 Å². The highest BCUT2D eigenvalue weighted by atomic mass is 79.9. The maximum atomic E-state index is 5.82. The topological polar surface area (TPSA) is 21.3 Å². The van der Waals surface area contributed by atoms with E-state index in [-0.39, 0.29) is 0 Å².